The highest BCUT2D eigenvalue weighted by atomic mass is 16.2. The van der Waals surface area contributed by atoms with Gasteiger partial charge in [0.1, 0.15) is 0 Å². The summed E-state index contributed by atoms with van der Waals surface area (Å²) in [4.78, 5) is 10.6. The maximum atomic E-state index is 10.6. The number of amides is 2. The van der Waals surface area contributed by atoms with Crippen molar-refractivity contribution in [1.29, 1.82) is 5.26 Å². The fraction of sp³-hybridized carbons (Fsp3) is 0.750. The maximum Gasteiger partial charge on any atom is 0.332 e. The van der Waals surface area contributed by atoms with Crippen LogP contribution in [-0.2, 0) is 0 Å². The van der Waals surface area contributed by atoms with Gasteiger partial charge < -0.3 is 5.73 Å². The molecule has 0 heterocycles. The molecule has 2 unspecified atom stereocenters. The van der Waals surface area contributed by atoms with E-state index in [9.17, 15) is 10.1 Å². The predicted molar refractivity (Wildman–Crippen MR) is 64.0 cm³/mol. The third kappa shape index (κ3) is 2.41. The second-order valence-electron chi connectivity index (χ2n) is 5.08. The van der Waals surface area contributed by atoms with Gasteiger partial charge in [0.25, 0.3) is 0 Å². The van der Waals surface area contributed by atoms with Crippen LogP contribution in [0.3, 0.4) is 0 Å². The molecule has 0 saturated heterocycles. The fourth-order valence-corrected chi connectivity index (χ4v) is 3.17. The van der Waals surface area contributed by atoms with Crippen LogP contribution in [0, 0.1) is 22.7 Å². The van der Waals surface area contributed by atoms with Gasteiger partial charge in [-0.15, -0.1) is 0 Å². The molecular weight excluding hydrogens is 216 g/mol. The van der Waals surface area contributed by atoms with Gasteiger partial charge in [-0.1, -0.05) is 12.8 Å². The van der Waals surface area contributed by atoms with Gasteiger partial charge in [0, 0.05) is 12.1 Å². The molecule has 0 spiro atoms. The number of urea groups is 1. The topological polar surface area (TPSA) is 91.3 Å². The Hall–Kier alpha value is -1.57. The van der Waals surface area contributed by atoms with Gasteiger partial charge in [-0.3, -0.25) is 0 Å². The first-order valence-corrected chi connectivity index (χ1v) is 6.18. The first-order chi connectivity index (χ1) is 8.16. The molecule has 17 heavy (non-hydrogen) atoms. The van der Waals surface area contributed by atoms with Crippen molar-refractivity contribution < 1.29 is 4.79 Å². The van der Waals surface area contributed by atoms with Crippen molar-refractivity contribution in [3.63, 3.8) is 0 Å². The largest absolute Gasteiger partial charge is 0.350 e. The highest BCUT2D eigenvalue weighted by Gasteiger charge is 2.44. The molecule has 5 nitrogen and oxygen atoms in total. The smallest absolute Gasteiger partial charge is 0.332 e. The lowest BCUT2D eigenvalue weighted by atomic mass is 9.60. The summed E-state index contributed by atoms with van der Waals surface area (Å²) in [5.41, 5.74) is 7.92. The Kier molecular flexibility index (Phi) is 3.32. The molecule has 2 rings (SSSR count). The second kappa shape index (κ2) is 4.74. The standard InChI is InChI=1S/C12H18N4O/c13-8-12-6-2-1-3-9(12)4-5-10(7-12)15-16-11(14)17/h9H,1-7H2,(H3,14,16,17)/b15-10+. The van der Waals surface area contributed by atoms with Gasteiger partial charge in [-0.2, -0.15) is 10.4 Å². The van der Waals surface area contributed by atoms with Gasteiger partial charge in [0.05, 0.1) is 11.5 Å². The average Bonchev–Trinajstić information content (AvgIpc) is 2.36. The number of nitrogens with one attached hydrogen (secondary N) is 1. The summed E-state index contributed by atoms with van der Waals surface area (Å²) in [6.07, 6.45) is 7.05. The molecule has 0 aromatic carbocycles. The summed E-state index contributed by atoms with van der Waals surface area (Å²) >= 11 is 0. The van der Waals surface area contributed by atoms with E-state index in [1.807, 2.05) is 0 Å². The van der Waals surface area contributed by atoms with E-state index in [2.05, 4.69) is 16.6 Å². The minimum atomic E-state index is -0.644. The van der Waals surface area contributed by atoms with Crippen LogP contribution >= 0.6 is 0 Å². The third-order valence-corrected chi connectivity index (χ3v) is 4.05. The van der Waals surface area contributed by atoms with E-state index < -0.39 is 6.03 Å². The molecule has 2 aliphatic carbocycles. The van der Waals surface area contributed by atoms with E-state index in [-0.39, 0.29) is 5.41 Å². The van der Waals surface area contributed by atoms with E-state index in [0.717, 1.165) is 37.8 Å². The van der Waals surface area contributed by atoms with Crippen molar-refractivity contribution in [2.75, 3.05) is 0 Å². The Labute approximate surface area is 101 Å². The molecule has 0 aromatic rings. The van der Waals surface area contributed by atoms with E-state index in [0.29, 0.717) is 12.3 Å². The molecule has 2 fully saturated rings. The molecule has 0 aromatic heterocycles. The Morgan fingerprint density at radius 2 is 2.35 bits per heavy atom. The number of nitriles is 1. The van der Waals surface area contributed by atoms with Crippen molar-refractivity contribution in [3.8, 4) is 6.07 Å². The zero-order chi connectivity index (χ0) is 12.3. The van der Waals surface area contributed by atoms with Crippen molar-refractivity contribution in [1.82, 2.24) is 5.43 Å². The Bertz CT molecular complexity index is 384. The van der Waals surface area contributed by atoms with Crippen molar-refractivity contribution in [3.05, 3.63) is 0 Å². The third-order valence-electron chi connectivity index (χ3n) is 4.05. The number of rotatable bonds is 1. The summed E-state index contributed by atoms with van der Waals surface area (Å²) in [6.45, 7) is 0. The van der Waals surface area contributed by atoms with Gasteiger partial charge in [0.2, 0.25) is 0 Å². The fourth-order valence-electron chi connectivity index (χ4n) is 3.17. The molecular formula is C12H18N4O. The summed E-state index contributed by atoms with van der Waals surface area (Å²) in [5.74, 6) is 0.508. The van der Waals surface area contributed by atoms with Crippen molar-refractivity contribution in [2.24, 2.45) is 22.2 Å². The van der Waals surface area contributed by atoms with E-state index in [4.69, 9.17) is 5.73 Å². The van der Waals surface area contributed by atoms with E-state index >= 15 is 0 Å². The minimum absolute atomic E-state index is 0.241. The lowest BCUT2D eigenvalue weighted by molar-refractivity contribution is 0.144. The minimum Gasteiger partial charge on any atom is -0.350 e. The molecule has 2 saturated carbocycles. The number of nitrogens with zero attached hydrogens (tertiary/aromatic N) is 2. The monoisotopic (exact) mass is 234 g/mol. The van der Waals surface area contributed by atoms with Crippen LogP contribution in [-0.4, -0.2) is 11.7 Å². The Morgan fingerprint density at radius 3 is 3.06 bits per heavy atom. The van der Waals surface area contributed by atoms with Crippen LogP contribution in [0.1, 0.15) is 44.9 Å². The Morgan fingerprint density at radius 1 is 1.53 bits per heavy atom. The first-order valence-electron chi connectivity index (χ1n) is 6.18. The Balaban J connectivity index is 2.11. The van der Waals surface area contributed by atoms with Crippen LogP contribution in [0.25, 0.3) is 0 Å². The second-order valence-corrected chi connectivity index (χ2v) is 5.08. The molecule has 3 N–H and O–H groups in total. The zero-order valence-electron chi connectivity index (χ0n) is 9.91. The van der Waals surface area contributed by atoms with Crippen LogP contribution in [0.4, 0.5) is 4.79 Å². The summed E-state index contributed by atoms with van der Waals surface area (Å²) in [5, 5.41) is 13.5. The number of hydrazone groups is 1. The number of hydrogen-bond acceptors (Lipinski definition) is 3. The maximum absolute atomic E-state index is 10.6. The lowest BCUT2D eigenvalue weighted by Gasteiger charge is -2.42. The van der Waals surface area contributed by atoms with Crippen LogP contribution in [0.15, 0.2) is 5.10 Å². The van der Waals surface area contributed by atoms with Crippen molar-refractivity contribution in [2.45, 2.75) is 44.9 Å². The molecule has 0 radical (unpaired) electrons. The number of hydrogen-bond donors (Lipinski definition) is 2. The summed E-state index contributed by atoms with van der Waals surface area (Å²) in [6, 6.07) is 1.87. The average molecular weight is 234 g/mol. The SMILES string of the molecule is N#CC12CCCCC1CC/C(=N\NC(N)=O)C2. The predicted octanol–water partition coefficient (Wildman–Crippen LogP) is 1.89. The number of carbonyl (C=O) groups is 1. The van der Waals surface area contributed by atoms with Gasteiger partial charge in [-0.25, -0.2) is 10.2 Å². The van der Waals surface area contributed by atoms with Crippen LogP contribution in [0.2, 0.25) is 0 Å². The molecule has 0 bridgehead atoms. The summed E-state index contributed by atoms with van der Waals surface area (Å²) < 4.78 is 0. The van der Waals surface area contributed by atoms with Crippen LogP contribution in [0.5, 0.6) is 0 Å². The highest BCUT2D eigenvalue weighted by Crippen LogP contribution is 2.49. The van der Waals surface area contributed by atoms with Crippen LogP contribution < -0.4 is 11.2 Å². The first kappa shape index (κ1) is 11.9. The molecule has 92 valence electrons. The highest BCUT2D eigenvalue weighted by molar-refractivity contribution is 5.87. The van der Waals surface area contributed by atoms with Gasteiger partial charge >= 0.3 is 6.03 Å². The van der Waals surface area contributed by atoms with E-state index in [1.54, 1.807) is 0 Å². The number of fused-ring (bicyclic) bond motifs is 1. The molecule has 2 aliphatic rings. The summed E-state index contributed by atoms with van der Waals surface area (Å²) in [7, 11) is 0. The number of nitrogens with two attached hydrogens (primary N) is 1. The number of carbonyl (C=O) groups excluding carboxylic acids is 1. The molecule has 2 amide bonds. The quantitative estimate of drug-likeness (QED) is 0.678. The number of primary amides is 1. The van der Waals surface area contributed by atoms with Gasteiger partial charge in [0.15, 0.2) is 0 Å². The van der Waals surface area contributed by atoms with Gasteiger partial charge in [-0.05, 0) is 31.6 Å². The van der Waals surface area contributed by atoms with Crippen molar-refractivity contribution >= 4 is 11.7 Å². The normalized spacial score (nSPS) is 34.8. The van der Waals surface area contributed by atoms with E-state index in [1.165, 1.54) is 6.42 Å². The lowest BCUT2D eigenvalue weighted by Crippen LogP contribution is -2.39. The zero-order valence-corrected chi connectivity index (χ0v) is 9.91. The molecule has 0 aliphatic heterocycles. The molecule has 5 heteroatoms. The molecule has 2 atom stereocenters.